The van der Waals surface area contributed by atoms with Crippen molar-refractivity contribution in [2.45, 2.75) is 6.92 Å². The molecule has 1 heterocycles. The Labute approximate surface area is 207 Å². The number of carbonyl (C=O) groups excluding carboxylic acids is 1. The van der Waals surface area contributed by atoms with Gasteiger partial charge in [0.2, 0.25) is 0 Å². The molecule has 0 saturated heterocycles. The van der Waals surface area contributed by atoms with E-state index < -0.39 is 11.4 Å². The third-order valence-electron chi connectivity index (χ3n) is 5.24. The van der Waals surface area contributed by atoms with Crippen LogP contribution in [0.15, 0.2) is 83.8 Å². The molecule has 0 aliphatic carbocycles. The highest BCUT2D eigenvalue weighted by Gasteiger charge is 2.16. The number of benzene rings is 3. The molecule has 0 saturated carbocycles. The molecule has 4 aromatic rings. The lowest BCUT2D eigenvalue weighted by Crippen LogP contribution is -2.26. The first-order chi connectivity index (χ1) is 17.4. The molecule has 8 nitrogen and oxygen atoms in total. The number of rotatable bonds is 9. The van der Waals surface area contributed by atoms with Crippen molar-refractivity contribution < 1.29 is 18.7 Å². The van der Waals surface area contributed by atoms with Crippen molar-refractivity contribution >= 4 is 17.3 Å². The molecule has 36 heavy (non-hydrogen) atoms. The van der Waals surface area contributed by atoms with E-state index in [4.69, 9.17) is 9.47 Å². The van der Waals surface area contributed by atoms with E-state index in [0.717, 1.165) is 10.2 Å². The second kappa shape index (κ2) is 11.3. The average Bonchev–Trinajstić information content (AvgIpc) is 2.87. The van der Waals surface area contributed by atoms with Crippen LogP contribution < -0.4 is 20.9 Å². The zero-order valence-electron chi connectivity index (χ0n) is 19.8. The second-order valence-electron chi connectivity index (χ2n) is 7.95. The zero-order chi connectivity index (χ0) is 25.5. The van der Waals surface area contributed by atoms with Gasteiger partial charge in [0.25, 0.3) is 11.5 Å². The fourth-order valence-electron chi connectivity index (χ4n) is 3.42. The number of nitrogens with one attached hydrogen (secondary N) is 2. The highest BCUT2D eigenvalue weighted by Crippen LogP contribution is 2.29. The van der Waals surface area contributed by atoms with Crippen molar-refractivity contribution in [3.8, 4) is 17.2 Å². The van der Waals surface area contributed by atoms with E-state index in [1.807, 2.05) is 25.1 Å². The number of amides is 1. The lowest BCUT2D eigenvalue weighted by Gasteiger charge is -2.15. The van der Waals surface area contributed by atoms with Crippen LogP contribution in [0.2, 0.25) is 0 Å². The summed E-state index contributed by atoms with van der Waals surface area (Å²) in [6, 6.07) is 19.5. The van der Waals surface area contributed by atoms with Gasteiger partial charge in [-0.25, -0.2) is 4.39 Å². The van der Waals surface area contributed by atoms with Crippen LogP contribution in [0, 0.1) is 12.7 Å². The highest BCUT2D eigenvalue weighted by atomic mass is 19.1. The van der Waals surface area contributed by atoms with Crippen LogP contribution in [0.3, 0.4) is 0 Å². The Kier molecular flexibility index (Phi) is 7.72. The zero-order valence-corrected chi connectivity index (χ0v) is 19.8. The van der Waals surface area contributed by atoms with E-state index in [1.54, 1.807) is 37.4 Å². The maximum atomic E-state index is 13.4. The van der Waals surface area contributed by atoms with E-state index in [0.29, 0.717) is 35.8 Å². The van der Waals surface area contributed by atoms with Crippen LogP contribution in [0.4, 0.5) is 15.8 Å². The largest absolute Gasteiger partial charge is 0.453 e. The number of carbonyl (C=O) groups is 1. The fraction of sp³-hybridized carbons (Fsp3) is 0.148. The molecule has 1 amide bonds. The van der Waals surface area contributed by atoms with E-state index in [1.165, 1.54) is 30.5 Å². The molecule has 0 radical (unpaired) electrons. The van der Waals surface area contributed by atoms with Gasteiger partial charge in [-0.15, -0.1) is 0 Å². The predicted molar refractivity (Wildman–Crippen MR) is 135 cm³/mol. The number of anilines is 2. The fourth-order valence-corrected chi connectivity index (χ4v) is 3.42. The number of nitrogens with zero attached hydrogens (tertiary/aromatic N) is 2. The Bertz CT molecular complexity index is 1400. The molecule has 1 aromatic heterocycles. The molecule has 184 valence electrons. The first-order valence-corrected chi connectivity index (χ1v) is 11.2. The summed E-state index contributed by atoms with van der Waals surface area (Å²) in [5.41, 5.74) is 2.06. The topological polar surface area (TPSA) is 94.5 Å². The van der Waals surface area contributed by atoms with Gasteiger partial charge in [0.1, 0.15) is 11.6 Å². The number of halogens is 1. The number of aromatic nitrogens is 2. The molecule has 0 aliphatic rings. The minimum Gasteiger partial charge on any atom is -0.453 e. The molecular weight excluding hydrogens is 463 g/mol. The Morgan fingerprint density at radius 1 is 1.06 bits per heavy atom. The quantitative estimate of drug-likeness (QED) is 0.335. The van der Waals surface area contributed by atoms with Gasteiger partial charge in [-0.3, -0.25) is 9.59 Å². The molecule has 2 N–H and O–H groups in total. The second-order valence-corrected chi connectivity index (χ2v) is 7.95. The minimum absolute atomic E-state index is 0.133. The summed E-state index contributed by atoms with van der Waals surface area (Å²) in [5, 5.41) is 10.1. The van der Waals surface area contributed by atoms with Crippen molar-refractivity contribution in [2.24, 2.45) is 0 Å². The number of hydrogen-bond acceptors (Lipinski definition) is 6. The molecule has 4 rings (SSSR count). The lowest BCUT2D eigenvalue weighted by atomic mass is 10.2. The molecule has 9 heteroatoms. The standard InChI is InChI=1S/C27H25FN4O4/c1-18-4-3-5-23(16-18)36-24-17-30-32(22-12-8-20(28)9-13-22)27(34)25(24)31-21-10-6-19(7-11-21)26(33)29-14-15-35-2/h3-13,16-17,31H,14-15H2,1-2H3,(H,29,33). The summed E-state index contributed by atoms with van der Waals surface area (Å²) >= 11 is 0. The van der Waals surface area contributed by atoms with Gasteiger partial charge >= 0.3 is 0 Å². The monoisotopic (exact) mass is 488 g/mol. The summed E-state index contributed by atoms with van der Waals surface area (Å²) in [6.07, 6.45) is 1.42. The molecule has 0 spiro atoms. The Hall–Kier alpha value is -4.50. The van der Waals surface area contributed by atoms with E-state index in [9.17, 15) is 14.0 Å². The smallest absolute Gasteiger partial charge is 0.299 e. The summed E-state index contributed by atoms with van der Waals surface area (Å²) in [4.78, 5) is 25.7. The van der Waals surface area contributed by atoms with Crippen molar-refractivity contribution in [2.75, 3.05) is 25.6 Å². The van der Waals surface area contributed by atoms with Crippen LogP contribution in [-0.4, -0.2) is 35.9 Å². The Morgan fingerprint density at radius 2 is 1.81 bits per heavy atom. The van der Waals surface area contributed by atoms with Gasteiger partial charge in [0.15, 0.2) is 11.4 Å². The molecular formula is C27H25FN4O4. The maximum absolute atomic E-state index is 13.4. The summed E-state index contributed by atoms with van der Waals surface area (Å²) in [5.74, 6) is 0.104. The predicted octanol–water partition coefficient (Wildman–Crippen LogP) is 4.59. The first-order valence-electron chi connectivity index (χ1n) is 11.2. The third-order valence-corrected chi connectivity index (χ3v) is 5.24. The normalized spacial score (nSPS) is 10.6. The average molecular weight is 489 g/mol. The summed E-state index contributed by atoms with van der Waals surface area (Å²) < 4.78 is 25.5. The summed E-state index contributed by atoms with van der Waals surface area (Å²) in [6.45, 7) is 2.75. The van der Waals surface area contributed by atoms with Gasteiger partial charge < -0.3 is 20.1 Å². The number of hydrogen-bond donors (Lipinski definition) is 2. The lowest BCUT2D eigenvalue weighted by molar-refractivity contribution is 0.0937. The van der Waals surface area contributed by atoms with Crippen LogP contribution >= 0.6 is 0 Å². The Morgan fingerprint density at radius 3 is 2.50 bits per heavy atom. The van der Waals surface area contributed by atoms with Gasteiger partial charge in [-0.2, -0.15) is 9.78 Å². The van der Waals surface area contributed by atoms with E-state index in [2.05, 4.69) is 15.7 Å². The molecule has 3 aromatic carbocycles. The van der Waals surface area contributed by atoms with Crippen LogP contribution in [-0.2, 0) is 4.74 Å². The van der Waals surface area contributed by atoms with E-state index in [-0.39, 0.29) is 17.3 Å². The minimum atomic E-state index is -0.492. The maximum Gasteiger partial charge on any atom is 0.299 e. The molecule has 0 aliphatic heterocycles. The van der Waals surface area contributed by atoms with Crippen molar-refractivity contribution in [1.82, 2.24) is 15.1 Å². The molecule has 0 bridgehead atoms. The highest BCUT2D eigenvalue weighted by molar-refractivity contribution is 5.94. The van der Waals surface area contributed by atoms with E-state index >= 15 is 0 Å². The number of aryl methyl sites for hydroxylation is 1. The first kappa shape index (κ1) is 24.6. The molecule has 0 unspecified atom stereocenters. The van der Waals surface area contributed by atoms with Crippen LogP contribution in [0.25, 0.3) is 5.69 Å². The van der Waals surface area contributed by atoms with Gasteiger partial charge in [-0.05, 0) is 73.2 Å². The van der Waals surface area contributed by atoms with Crippen molar-refractivity contribution in [1.29, 1.82) is 0 Å². The van der Waals surface area contributed by atoms with Gasteiger partial charge in [0, 0.05) is 24.9 Å². The number of methoxy groups -OCH3 is 1. The molecule has 0 fully saturated rings. The molecule has 0 atom stereocenters. The van der Waals surface area contributed by atoms with Crippen LogP contribution in [0.1, 0.15) is 15.9 Å². The van der Waals surface area contributed by atoms with Gasteiger partial charge in [-0.1, -0.05) is 12.1 Å². The SMILES string of the molecule is COCCNC(=O)c1ccc(Nc2c(Oc3cccc(C)c3)cnn(-c3ccc(F)cc3)c2=O)cc1. The van der Waals surface area contributed by atoms with Crippen molar-refractivity contribution in [3.63, 3.8) is 0 Å². The summed E-state index contributed by atoms with van der Waals surface area (Å²) in [7, 11) is 1.56. The van der Waals surface area contributed by atoms with Crippen molar-refractivity contribution in [3.05, 3.63) is 106 Å². The van der Waals surface area contributed by atoms with Crippen LogP contribution in [0.5, 0.6) is 11.5 Å². The third kappa shape index (κ3) is 5.94. The van der Waals surface area contributed by atoms with Gasteiger partial charge in [0.05, 0.1) is 18.5 Å². The Balaban J connectivity index is 1.67. The number of ether oxygens (including phenoxy) is 2.